The van der Waals surface area contributed by atoms with Crippen LogP contribution in [-0.2, 0) is 13.2 Å². The molecule has 0 bridgehead atoms. The number of hydrogen-bond acceptors (Lipinski definition) is 5. The molecule has 3 heterocycles. The molecular formula is C22H23F3N6O2. The molecule has 0 spiro atoms. The van der Waals surface area contributed by atoms with Gasteiger partial charge in [-0.3, -0.25) is 24.2 Å². The summed E-state index contributed by atoms with van der Waals surface area (Å²) >= 11 is 0. The van der Waals surface area contributed by atoms with E-state index in [-0.39, 0.29) is 23.6 Å². The van der Waals surface area contributed by atoms with E-state index in [1.807, 2.05) is 13.8 Å². The van der Waals surface area contributed by atoms with Gasteiger partial charge in [0.15, 0.2) is 5.69 Å². The maximum atomic E-state index is 13.1. The Morgan fingerprint density at radius 1 is 1.15 bits per heavy atom. The molecule has 0 radical (unpaired) electrons. The van der Waals surface area contributed by atoms with E-state index >= 15 is 0 Å². The van der Waals surface area contributed by atoms with E-state index in [4.69, 9.17) is 0 Å². The molecule has 1 saturated heterocycles. The fourth-order valence-electron chi connectivity index (χ4n) is 4.16. The lowest BCUT2D eigenvalue weighted by Crippen LogP contribution is -2.51. The number of carbonyl (C=O) groups is 2. The molecule has 2 aromatic heterocycles. The van der Waals surface area contributed by atoms with Crippen molar-refractivity contribution in [1.82, 2.24) is 30.0 Å². The molecule has 2 atom stereocenters. The lowest BCUT2D eigenvalue weighted by atomic mass is 9.93. The van der Waals surface area contributed by atoms with Gasteiger partial charge in [-0.25, -0.2) is 0 Å². The quantitative estimate of drug-likeness (QED) is 0.649. The zero-order valence-corrected chi connectivity index (χ0v) is 18.3. The van der Waals surface area contributed by atoms with Crippen LogP contribution in [0.3, 0.4) is 0 Å². The molecule has 33 heavy (non-hydrogen) atoms. The van der Waals surface area contributed by atoms with E-state index in [2.05, 4.69) is 20.4 Å². The second-order valence-corrected chi connectivity index (χ2v) is 8.35. The first kappa shape index (κ1) is 22.7. The Hall–Kier alpha value is -3.50. The summed E-state index contributed by atoms with van der Waals surface area (Å²) in [5, 5.41) is 6.18. The van der Waals surface area contributed by atoms with Crippen molar-refractivity contribution in [3.8, 4) is 0 Å². The van der Waals surface area contributed by atoms with Gasteiger partial charge in [0.1, 0.15) is 5.69 Å². The number of aromatic nitrogens is 4. The summed E-state index contributed by atoms with van der Waals surface area (Å²) in [5.41, 5.74) is 1.48. The first-order chi connectivity index (χ1) is 15.5. The van der Waals surface area contributed by atoms with Crippen LogP contribution in [0.1, 0.15) is 45.4 Å². The average Bonchev–Trinajstić information content (AvgIpc) is 3.17. The highest BCUT2D eigenvalue weighted by Gasteiger charge is 2.36. The second-order valence-electron chi connectivity index (χ2n) is 8.35. The summed E-state index contributed by atoms with van der Waals surface area (Å²) in [6.45, 7) is 4.58. The van der Waals surface area contributed by atoms with Crippen molar-refractivity contribution in [2.45, 2.75) is 32.5 Å². The number of carbonyl (C=O) groups excluding carboxylic acids is 2. The fourth-order valence-corrected chi connectivity index (χ4v) is 4.16. The van der Waals surface area contributed by atoms with Gasteiger partial charge in [-0.15, -0.1) is 0 Å². The lowest BCUT2D eigenvalue weighted by molar-refractivity contribution is -0.141. The normalized spacial score (nSPS) is 19.0. The molecule has 1 aliphatic rings. The SMILES string of the molecule is Cc1cc(C(=O)N2CC[C@@H](NC(=O)c3cc(C(F)(F)F)nn3C)[C@@H](C)C2)cc2nccnc12. The molecule has 3 aromatic rings. The number of piperidine rings is 1. The number of rotatable bonds is 3. The Balaban J connectivity index is 1.43. The maximum absolute atomic E-state index is 13.1. The number of nitrogens with zero attached hydrogens (tertiary/aromatic N) is 5. The molecule has 11 heteroatoms. The summed E-state index contributed by atoms with van der Waals surface area (Å²) in [6.07, 6.45) is -0.962. The van der Waals surface area contributed by atoms with Crippen molar-refractivity contribution in [2.75, 3.05) is 13.1 Å². The summed E-state index contributed by atoms with van der Waals surface area (Å²) in [6, 6.07) is 3.97. The van der Waals surface area contributed by atoms with Crippen LogP contribution in [0.4, 0.5) is 13.2 Å². The Labute approximate surface area is 187 Å². The number of hydrogen-bond donors (Lipinski definition) is 1. The maximum Gasteiger partial charge on any atom is 0.435 e. The van der Waals surface area contributed by atoms with Gasteiger partial charge < -0.3 is 10.2 Å². The second kappa shape index (κ2) is 8.45. The molecule has 0 unspecified atom stereocenters. The topological polar surface area (TPSA) is 93.0 Å². The fraction of sp³-hybridized carbons (Fsp3) is 0.409. The number of fused-ring (bicyclic) bond motifs is 1. The zero-order chi connectivity index (χ0) is 23.9. The predicted molar refractivity (Wildman–Crippen MR) is 113 cm³/mol. The van der Waals surface area contributed by atoms with Crippen LogP contribution in [0.2, 0.25) is 0 Å². The minimum Gasteiger partial charge on any atom is -0.348 e. The number of benzene rings is 1. The Morgan fingerprint density at radius 3 is 2.55 bits per heavy atom. The van der Waals surface area contributed by atoms with Gasteiger partial charge in [0.25, 0.3) is 11.8 Å². The van der Waals surface area contributed by atoms with E-state index in [1.165, 1.54) is 7.05 Å². The van der Waals surface area contributed by atoms with Gasteiger partial charge in [0.2, 0.25) is 0 Å². The van der Waals surface area contributed by atoms with Crippen molar-refractivity contribution in [3.05, 3.63) is 53.1 Å². The van der Waals surface area contributed by atoms with Crippen LogP contribution in [0.15, 0.2) is 30.6 Å². The Morgan fingerprint density at radius 2 is 1.88 bits per heavy atom. The predicted octanol–water partition coefficient (Wildman–Crippen LogP) is 2.97. The van der Waals surface area contributed by atoms with Gasteiger partial charge in [-0.2, -0.15) is 18.3 Å². The molecule has 2 amide bonds. The largest absolute Gasteiger partial charge is 0.435 e. The van der Waals surface area contributed by atoms with Crippen LogP contribution < -0.4 is 5.32 Å². The van der Waals surface area contributed by atoms with Gasteiger partial charge in [-0.05, 0) is 37.0 Å². The number of likely N-dealkylation sites (tertiary alicyclic amines) is 1. The molecule has 0 saturated carbocycles. The number of halogens is 3. The van der Waals surface area contributed by atoms with E-state index in [0.29, 0.717) is 30.6 Å². The third-order valence-corrected chi connectivity index (χ3v) is 5.92. The Bertz CT molecular complexity index is 1220. The van der Waals surface area contributed by atoms with Gasteiger partial charge in [0, 0.05) is 50.2 Å². The van der Waals surface area contributed by atoms with Gasteiger partial charge in [0.05, 0.1) is 11.0 Å². The minimum atomic E-state index is -4.62. The van der Waals surface area contributed by atoms with Crippen molar-refractivity contribution < 1.29 is 22.8 Å². The number of alkyl halides is 3. The summed E-state index contributed by atoms with van der Waals surface area (Å²) in [4.78, 5) is 36.0. The average molecular weight is 460 g/mol. The summed E-state index contributed by atoms with van der Waals surface area (Å²) in [5.74, 6) is -0.854. The number of aryl methyl sites for hydroxylation is 2. The van der Waals surface area contributed by atoms with Crippen LogP contribution >= 0.6 is 0 Å². The van der Waals surface area contributed by atoms with E-state index in [1.54, 1.807) is 29.4 Å². The summed E-state index contributed by atoms with van der Waals surface area (Å²) in [7, 11) is 1.30. The molecule has 8 nitrogen and oxygen atoms in total. The molecular weight excluding hydrogens is 437 g/mol. The van der Waals surface area contributed by atoms with Crippen LogP contribution in [0.25, 0.3) is 11.0 Å². The smallest absolute Gasteiger partial charge is 0.348 e. The molecule has 1 fully saturated rings. The first-order valence-electron chi connectivity index (χ1n) is 10.5. The van der Waals surface area contributed by atoms with Gasteiger partial charge in [-0.1, -0.05) is 6.92 Å². The standard InChI is InChI=1S/C22H23F3N6O2/c1-12-8-14(9-16-19(12)27-6-5-26-16)21(33)31-7-4-15(13(2)11-31)28-20(32)17-10-18(22(23,24)25)29-30(17)3/h5-6,8-10,13,15H,4,7,11H2,1-3H3,(H,28,32)/t13-,15+/m0/s1. The highest BCUT2D eigenvalue weighted by Crippen LogP contribution is 2.28. The highest BCUT2D eigenvalue weighted by molar-refractivity contribution is 5.98. The van der Waals surface area contributed by atoms with Crippen LogP contribution in [-0.4, -0.2) is 55.6 Å². The number of amides is 2. The van der Waals surface area contributed by atoms with Crippen LogP contribution in [0.5, 0.6) is 0 Å². The molecule has 1 aromatic carbocycles. The first-order valence-corrected chi connectivity index (χ1v) is 10.5. The van der Waals surface area contributed by atoms with E-state index < -0.39 is 17.8 Å². The van der Waals surface area contributed by atoms with Crippen molar-refractivity contribution in [2.24, 2.45) is 13.0 Å². The summed E-state index contributed by atoms with van der Waals surface area (Å²) < 4.78 is 39.6. The van der Waals surface area contributed by atoms with Gasteiger partial charge >= 0.3 is 6.18 Å². The third-order valence-electron chi connectivity index (χ3n) is 5.92. The van der Waals surface area contributed by atoms with Crippen LogP contribution in [0, 0.1) is 12.8 Å². The molecule has 4 rings (SSSR count). The minimum absolute atomic E-state index is 0.0942. The van der Waals surface area contributed by atoms with E-state index in [9.17, 15) is 22.8 Å². The van der Waals surface area contributed by atoms with E-state index in [0.717, 1.165) is 21.8 Å². The molecule has 1 aliphatic heterocycles. The molecule has 1 N–H and O–H groups in total. The van der Waals surface area contributed by atoms with Crippen molar-refractivity contribution in [1.29, 1.82) is 0 Å². The highest BCUT2D eigenvalue weighted by atomic mass is 19.4. The lowest BCUT2D eigenvalue weighted by Gasteiger charge is -2.37. The third kappa shape index (κ3) is 4.53. The van der Waals surface area contributed by atoms with Crippen molar-refractivity contribution >= 4 is 22.8 Å². The molecule has 174 valence electrons. The number of nitrogens with one attached hydrogen (secondary N) is 1. The van der Waals surface area contributed by atoms with Crippen molar-refractivity contribution in [3.63, 3.8) is 0 Å². The Kier molecular flexibility index (Phi) is 5.81. The monoisotopic (exact) mass is 460 g/mol. The zero-order valence-electron chi connectivity index (χ0n) is 18.3. The molecule has 0 aliphatic carbocycles.